The van der Waals surface area contributed by atoms with E-state index in [1.807, 2.05) is 19.3 Å². The van der Waals surface area contributed by atoms with Crippen molar-refractivity contribution in [1.82, 2.24) is 10.6 Å². The molecule has 0 aliphatic carbocycles. The van der Waals surface area contributed by atoms with Gasteiger partial charge in [-0.15, -0.1) is 0 Å². The number of nitrogens with zero attached hydrogens (tertiary/aromatic N) is 1. The molecule has 0 fully saturated rings. The zero-order valence-corrected chi connectivity index (χ0v) is 12.2. The van der Waals surface area contributed by atoms with Crippen molar-refractivity contribution in [2.24, 2.45) is 5.41 Å². The van der Waals surface area contributed by atoms with Crippen LogP contribution in [0, 0.1) is 16.7 Å². The largest absolute Gasteiger partial charge is 0.394 e. The van der Waals surface area contributed by atoms with Crippen LogP contribution in [0.2, 0.25) is 0 Å². The van der Waals surface area contributed by atoms with Gasteiger partial charge in [-0.25, -0.2) is 0 Å². The normalized spacial score (nSPS) is 15.4. The third-order valence-electron chi connectivity index (χ3n) is 3.27. The van der Waals surface area contributed by atoms with Crippen molar-refractivity contribution in [2.75, 3.05) is 20.1 Å². The smallest absolute Gasteiger partial charge is 0.0693 e. The third kappa shape index (κ3) is 6.46. The van der Waals surface area contributed by atoms with Gasteiger partial charge in [-0.1, -0.05) is 25.5 Å². The maximum absolute atomic E-state index is 9.43. The van der Waals surface area contributed by atoms with Crippen LogP contribution in [0.25, 0.3) is 0 Å². The molecule has 0 aliphatic heterocycles. The monoisotopic (exact) mass is 249 g/mol. The lowest BCUT2D eigenvalue weighted by atomic mass is 9.79. The van der Waals surface area contributed by atoms with Gasteiger partial charge < -0.3 is 10.6 Å². The van der Waals surface area contributed by atoms with Crippen molar-refractivity contribution in [1.29, 1.82) is 5.26 Å². The first-order valence-corrected chi connectivity index (χ1v) is 6.76. The van der Waals surface area contributed by atoms with Crippen LogP contribution in [0.3, 0.4) is 0 Å². The number of rotatable bonds is 9. The van der Waals surface area contributed by atoms with Gasteiger partial charge in [-0.3, -0.25) is 0 Å². The molecule has 0 aromatic heterocycles. The lowest BCUT2D eigenvalue weighted by Crippen LogP contribution is -2.25. The summed E-state index contributed by atoms with van der Waals surface area (Å²) in [6.45, 7) is 8.13. The van der Waals surface area contributed by atoms with Crippen molar-refractivity contribution in [3.8, 4) is 6.07 Å². The van der Waals surface area contributed by atoms with E-state index in [0.717, 1.165) is 32.4 Å². The second kappa shape index (κ2) is 9.73. The second-order valence-corrected chi connectivity index (χ2v) is 4.62. The molecular formula is C15H27N3. The van der Waals surface area contributed by atoms with Gasteiger partial charge in [0.2, 0.25) is 0 Å². The summed E-state index contributed by atoms with van der Waals surface area (Å²) in [7, 11) is 1.88. The Hall–Kier alpha value is -1.27. The van der Waals surface area contributed by atoms with Crippen LogP contribution in [0.1, 0.15) is 40.0 Å². The molecule has 0 aliphatic rings. The van der Waals surface area contributed by atoms with Crippen molar-refractivity contribution < 1.29 is 0 Å². The fraction of sp³-hybridized carbons (Fsp3) is 0.667. The van der Waals surface area contributed by atoms with Crippen LogP contribution in [0.5, 0.6) is 0 Å². The Morgan fingerprint density at radius 2 is 2.11 bits per heavy atom. The zero-order chi connectivity index (χ0) is 13.9. The molecule has 0 spiro atoms. The molecule has 0 amide bonds. The molecule has 1 atom stereocenters. The van der Waals surface area contributed by atoms with E-state index in [-0.39, 0.29) is 5.41 Å². The first-order chi connectivity index (χ1) is 8.64. The van der Waals surface area contributed by atoms with Crippen molar-refractivity contribution in [2.45, 2.75) is 40.0 Å². The lowest BCUT2D eigenvalue weighted by Gasteiger charge is -2.23. The van der Waals surface area contributed by atoms with Gasteiger partial charge in [0, 0.05) is 7.05 Å². The van der Waals surface area contributed by atoms with E-state index in [9.17, 15) is 5.26 Å². The fourth-order valence-electron chi connectivity index (χ4n) is 1.75. The van der Waals surface area contributed by atoms with Crippen molar-refractivity contribution in [3.05, 3.63) is 23.9 Å². The van der Waals surface area contributed by atoms with E-state index in [0.29, 0.717) is 0 Å². The molecule has 0 bridgehead atoms. The quantitative estimate of drug-likeness (QED) is 0.488. The summed E-state index contributed by atoms with van der Waals surface area (Å²) in [5.74, 6) is 0. The average molecular weight is 249 g/mol. The highest BCUT2D eigenvalue weighted by Crippen LogP contribution is 2.30. The highest BCUT2D eigenvalue weighted by Gasteiger charge is 2.25. The summed E-state index contributed by atoms with van der Waals surface area (Å²) in [6.07, 6.45) is 8.73. The highest BCUT2D eigenvalue weighted by molar-refractivity contribution is 5.17. The molecule has 0 saturated carbocycles. The Morgan fingerprint density at radius 1 is 1.39 bits per heavy atom. The number of nitrogens with one attached hydrogen (secondary N) is 2. The highest BCUT2D eigenvalue weighted by atomic mass is 14.8. The SMILES string of the molecule is CCNCCC(C#N)(CC)C/C=C(C)\C=C/NC. The zero-order valence-electron chi connectivity index (χ0n) is 12.2. The Labute approximate surface area is 112 Å². The molecule has 0 heterocycles. The first kappa shape index (κ1) is 16.7. The fourth-order valence-corrected chi connectivity index (χ4v) is 1.75. The number of hydrogen-bond acceptors (Lipinski definition) is 3. The number of allylic oxidation sites excluding steroid dienone is 3. The molecule has 3 nitrogen and oxygen atoms in total. The summed E-state index contributed by atoms with van der Waals surface area (Å²) < 4.78 is 0. The maximum atomic E-state index is 9.43. The Bertz CT molecular complexity index is 312. The van der Waals surface area contributed by atoms with Crippen LogP contribution in [-0.4, -0.2) is 20.1 Å². The average Bonchev–Trinajstić information content (AvgIpc) is 2.40. The van der Waals surface area contributed by atoms with E-state index in [1.54, 1.807) is 0 Å². The van der Waals surface area contributed by atoms with Crippen molar-refractivity contribution in [3.63, 3.8) is 0 Å². The predicted molar refractivity (Wildman–Crippen MR) is 78.1 cm³/mol. The molecular weight excluding hydrogens is 222 g/mol. The minimum atomic E-state index is -0.225. The molecule has 2 N–H and O–H groups in total. The molecule has 0 aromatic rings. The van der Waals surface area contributed by atoms with Crippen LogP contribution < -0.4 is 10.6 Å². The minimum absolute atomic E-state index is 0.225. The van der Waals surface area contributed by atoms with Gasteiger partial charge >= 0.3 is 0 Å². The van der Waals surface area contributed by atoms with Crippen LogP contribution >= 0.6 is 0 Å². The number of hydrogen-bond donors (Lipinski definition) is 2. The van der Waals surface area contributed by atoms with Gasteiger partial charge in [0.05, 0.1) is 11.5 Å². The second-order valence-electron chi connectivity index (χ2n) is 4.62. The Balaban J connectivity index is 4.51. The van der Waals surface area contributed by atoms with E-state index >= 15 is 0 Å². The Kier molecular flexibility index (Phi) is 9.04. The van der Waals surface area contributed by atoms with E-state index in [4.69, 9.17) is 0 Å². The predicted octanol–water partition coefficient (Wildman–Crippen LogP) is 2.98. The Morgan fingerprint density at radius 3 is 2.61 bits per heavy atom. The molecule has 3 heteroatoms. The molecule has 1 unspecified atom stereocenters. The summed E-state index contributed by atoms with van der Waals surface area (Å²) in [6, 6.07) is 2.51. The van der Waals surface area contributed by atoms with Gasteiger partial charge in [-0.2, -0.15) is 5.26 Å². The van der Waals surface area contributed by atoms with Gasteiger partial charge in [-0.05, 0) is 51.6 Å². The molecule has 0 aromatic carbocycles. The van der Waals surface area contributed by atoms with Crippen LogP contribution in [-0.2, 0) is 0 Å². The van der Waals surface area contributed by atoms with E-state index < -0.39 is 0 Å². The van der Waals surface area contributed by atoms with E-state index in [1.165, 1.54) is 5.57 Å². The third-order valence-corrected chi connectivity index (χ3v) is 3.27. The number of nitriles is 1. The maximum Gasteiger partial charge on any atom is 0.0693 e. The molecule has 0 saturated heterocycles. The van der Waals surface area contributed by atoms with Crippen LogP contribution in [0.15, 0.2) is 23.9 Å². The summed E-state index contributed by atoms with van der Waals surface area (Å²) in [5.41, 5.74) is 0.970. The van der Waals surface area contributed by atoms with Crippen molar-refractivity contribution >= 4 is 0 Å². The summed E-state index contributed by atoms with van der Waals surface area (Å²) in [4.78, 5) is 0. The molecule has 18 heavy (non-hydrogen) atoms. The standard InChI is InChI=1S/C15H27N3/c1-5-15(13-16,10-12-18-6-2)9-7-14(3)8-11-17-4/h7-8,11,17-18H,5-6,9-10,12H2,1-4H3/b11-8-,14-7-. The van der Waals surface area contributed by atoms with Gasteiger partial charge in [0.25, 0.3) is 0 Å². The topological polar surface area (TPSA) is 47.9 Å². The molecule has 0 rings (SSSR count). The molecule has 102 valence electrons. The van der Waals surface area contributed by atoms with Gasteiger partial charge in [0.15, 0.2) is 0 Å². The van der Waals surface area contributed by atoms with Crippen LogP contribution in [0.4, 0.5) is 0 Å². The lowest BCUT2D eigenvalue weighted by molar-refractivity contribution is 0.347. The summed E-state index contributed by atoms with van der Waals surface area (Å²) >= 11 is 0. The summed E-state index contributed by atoms with van der Waals surface area (Å²) in [5, 5.41) is 15.7. The van der Waals surface area contributed by atoms with E-state index in [2.05, 4.69) is 43.6 Å². The molecule has 0 radical (unpaired) electrons. The van der Waals surface area contributed by atoms with Gasteiger partial charge in [0.1, 0.15) is 0 Å². The minimum Gasteiger partial charge on any atom is -0.394 e. The first-order valence-electron chi connectivity index (χ1n) is 6.76.